The van der Waals surface area contributed by atoms with E-state index in [1.54, 1.807) is 0 Å². The number of aryl methyl sites for hydroxylation is 2. The van der Waals surface area contributed by atoms with Gasteiger partial charge in [0.1, 0.15) is 0 Å². The van der Waals surface area contributed by atoms with Crippen LogP contribution in [0, 0.1) is 19.8 Å². The molecule has 0 aliphatic carbocycles. The number of aromatic nitrogens is 2. The van der Waals surface area contributed by atoms with E-state index < -0.39 is 0 Å². The van der Waals surface area contributed by atoms with Crippen molar-refractivity contribution in [3.63, 3.8) is 0 Å². The van der Waals surface area contributed by atoms with Crippen LogP contribution in [0.1, 0.15) is 30.8 Å². The molecule has 0 aromatic carbocycles. The zero-order chi connectivity index (χ0) is 10.6. The summed E-state index contributed by atoms with van der Waals surface area (Å²) in [5.41, 5.74) is 6.26. The number of hydrogen-bond acceptors (Lipinski definition) is 3. The number of hydrogen-bond donors (Lipinski definition) is 2. The van der Waals surface area contributed by atoms with Crippen molar-refractivity contribution in [3.8, 4) is 0 Å². The Hall–Kier alpha value is -0.870. The predicted molar refractivity (Wildman–Crippen MR) is 55.7 cm³/mol. The molecule has 1 rings (SSSR count). The summed E-state index contributed by atoms with van der Waals surface area (Å²) in [4.78, 5) is 5.29. The zero-order valence-corrected chi connectivity index (χ0v) is 9.35. The molecule has 0 radical (unpaired) electrons. The third-order valence-electron chi connectivity index (χ3n) is 2.05. The van der Waals surface area contributed by atoms with Crippen LogP contribution >= 0.6 is 0 Å². The minimum Gasteiger partial charge on any atom is -0.301 e. The fourth-order valence-corrected chi connectivity index (χ4v) is 1.18. The van der Waals surface area contributed by atoms with Crippen molar-refractivity contribution in [2.45, 2.75) is 34.2 Å². The quantitative estimate of drug-likeness (QED) is 0.558. The maximum absolute atomic E-state index is 5.29. The molecular weight excluding hydrogens is 178 g/mol. The topological polar surface area (TPSA) is 49.9 Å². The number of hydroxylamine groups is 1. The van der Waals surface area contributed by atoms with Crippen molar-refractivity contribution in [2.24, 2.45) is 5.92 Å². The molecule has 1 heterocycles. The second kappa shape index (κ2) is 5.12. The fraction of sp³-hybridized carbons (Fsp3) is 0.700. The maximum Gasteiger partial charge on any atom is 0.0705 e. The molecule has 4 heteroatoms. The van der Waals surface area contributed by atoms with E-state index in [1.807, 2.05) is 13.8 Å². The molecule has 0 bridgehead atoms. The molecule has 0 fully saturated rings. The highest BCUT2D eigenvalue weighted by Gasteiger charge is 2.05. The summed E-state index contributed by atoms with van der Waals surface area (Å²) in [6, 6.07) is 0. The Bertz CT molecular complexity index is 261. The Morgan fingerprint density at radius 2 is 2.14 bits per heavy atom. The number of rotatable bonds is 5. The van der Waals surface area contributed by atoms with Crippen molar-refractivity contribution in [3.05, 3.63) is 17.0 Å². The second-order valence-corrected chi connectivity index (χ2v) is 3.94. The molecular formula is C10H19N3O. The molecule has 0 saturated carbocycles. The summed E-state index contributed by atoms with van der Waals surface area (Å²) in [7, 11) is 0. The normalized spacial score (nSPS) is 11.2. The van der Waals surface area contributed by atoms with Crippen LogP contribution in [0.3, 0.4) is 0 Å². The molecule has 0 atom stereocenters. The van der Waals surface area contributed by atoms with E-state index in [1.165, 1.54) is 5.56 Å². The lowest BCUT2D eigenvalue weighted by atomic mass is 10.2. The van der Waals surface area contributed by atoms with Crippen molar-refractivity contribution in [1.82, 2.24) is 15.7 Å². The molecule has 14 heavy (non-hydrogen) atoms. The van der Waals surface area contributed by atoms with Crippen molar-refractivity contribution < 1.29 is 4.84 Å². The standard InChI is InChI=1S/C10H19N3O/c1-7(2)6-14-11-5-10-8(3)12-13-9(10)4/h7,11H,5-6H2,1-4H3,(H,12,13). The molecule has 1 aromatic heterocycles. The molecule has 0 saturated heterocycles. The van der Waals surface area contributed by atoms with E-state index in [4.69, 9.17) is 4.84 Å². The highest BCUT2D eigenvalue weighted by molar-refractivity contribution is 5.22. The Morgan fingerprint density at radius 1 is 1.43 bits per heavy atom. The first kappa shape index (κ1) is 11.2. The molecule has 4 nitrogen and oxygen atoms in total. The molecule has 2 N–H and O–H groups in total. The molecule has 1 aromatic rings. The van der Waals surface area contributed by atoms with Gasteiger partial charge in [0, 0.05) is 17.8 Å². The molecule has 0 spiro atoms. The summed E-state index contributed by atoms with van der Waals surface area (Å²) in [5.74, 6) is 0.550. The highest BCUT2D eigenvalue weighted by atomic mass is 16.6. The van der Waals surface area contributed by atoms with Gasteiger partial charge in [0.25, 0.3) is 0 Å². The van der Waals surface area contributed by atoms with Crippen molar-refractivity contribution in [2.75, 3.05) is 6.61 Å². The Labute approximate surface area is 85.0 Å². The van der Waals surface area contributed by atoms with Gasteiger partial charge in [0.05, 0.1) is 12.3 Å². The summed E-state index contributed by atoms with van der Waals surface area (Å²) in [5, 5.41) is 7.05. The van der Waals surface area contributed by atoms with Crippen LogP contribution in [0.25, 0.3) is 0 Å². The van der Waals surface area contributed by atoms with Crippen LogP contribution < -0.4 is 5.48 Å². The van der Waals surface area contributed by atoms with Gasteiger partial charge in [-0.05, 0) is 19.8 Å². The van der Waals surface area contributed by atoms with Crippen LogP contribution in [0.5, 0.6) is 0 Å². The molecule has 0 aliphatic heterocycles. The van der Waals surface area contributed by atoms with Gasteiger partial charge in [-0.1, -0.05) is 13.8 Å². The lowest BCUT2D eigenvalue weighted by molar-refractivity contribution is 0.0195. The van der Waals surface area contributed by atoms with E-state index in [0.717, 1.165) is 18.0 Å². The maximum atomic E-state index is 5.29. The predicted octanol–water partition coefficient (Wildman–Crippen LogP) is 1.70. The monoisotopic (exact) mass is 197 g/mol. The lowest BCUT2D eigenvalue weighted by Crippen LogP contribution is -2.18. The average molecular weight is 197 g/mol. The van der Waals surface area contributed by atoms with Gasteiger partial charge in [-0.25, -0.2) is 0 Å². The first-order chi connectivity index (χ1) is 6.61. The number of nitrogens with one attached hydrogen (secondary N) is 2. The van der Waals surface area contributed by atoms with Gasteiger partial charge in [-0.3, -0.25) is 5.10 Å². The van der Waals surface area contributed by atoms with Gasteiger partial charge >= 0.3 is 0 Å². The Kier molecular flexibility index (Phi) is 4.10. The summed E-state index contributed by atoms with van der Waals surface area (Å²) in [6.45, 7) is 9.69. The molecule has 80 valence electrons. The number of nitrogens with zero attached hydrogens (tertiary/aromatic N) is 1. The third-order valence-corrected chi connectivity index (χ3v) is 2.05. The van der Waals surface area contributed by atoms with Gasteiger partial charge in [0.15, 0.2) is 0 Å². The second-order valence-electron chi connectivity index (χ2n) is 3.94. The largest absolute Gasteiger partial charge is 0.301 e. The van der Waals surface area contributed by atoms with E-state index in [-0.39, 0.29) is 0 Å². The summed E-state index contributed by atoms with van der Waals surface area (Å²) < 4.78 is 0. The first-order valence-corrected chi connectivity index (χ1v) is 4.96. The SMILES string of the molecule is Cc1n[nH]c(C)c1CNOCC(C)C. The van der Waals surface area contributed by atoms with Crippen LogP contribution in [0.2, 0.25) is 0 Å². The van der Waals surface area contributed by atoms with Crippen molar-refractivity contribution in [1.29, 1.82) is 0 Å². The van der Waals surface area contributed by atoms with Crippen LogP contribution in [-0.2, 0) is 11.4 Å². The summed E-state index contributed by atoms with van der Waals surface area (Å²) in [6.07, 6.45) is 0. The van der Waals surface area contributed by atoms with Gasteiger partial charge in [-0.2, -0.15) is 10.6 Å². The van der Waals surface area contributed by atoms with E-state index >= 15 is 0 Å². The summed E-state index contributed by atoms with van der Waals surface area (Å²) >= 11 is 0. The van der Waals surface area contributed by atoms with Crippen molar-refractivity contribution >= 4 is 0 Å². The van der Waals surface area contributed by atoms with Gasteiger partial charge < -0.3 is 4.84 Å². The highest BCUT2D eigenvalue weighted by Crippen LogP contribution is 2.08. The fourth-order valence-electron chi connectivity index (χ4n) is 1.18. The average Bonchev–Trinajstić information content (AvgIpc) is 2.42. The van der Waals surface area contributed by atoms with E-state index in [0.29, 0.717) is 12.5 Å². The molecule has 0 unspecified atom stereocenters. The molecule has 0 aliphatic rings. The lowest BCUT2D eigenvalue weighted by Gasteiger charge is -2.07. The number of H-pyrrole nitrogens is 1. The van der Waals surface area contributed by atoms with Crippen LogP contribution in [0.15, 0.2) is 0 Å². The molecule has 0 amide bonds. The number of aromatic amines is 1. The van der Waals surface area contributed by atoms with E-state index in [2.05, 4.69) is 29.5 Å². The Balaban J connectivity index is 2.31. The Morgan fingerprint density at radius 3 is 2.64 bits per heavy atom. The van der Waals surface area contributed by atoms with E-state index in [9.17, 15) is 0 Å². The zero-order valence-electron chi connectivity index (χ0n) is 9.35. The minimum absolute atomic E-state index is 0.550. The van der Waals surface area contributed by atoms with Gasteiger partial charge in [0.2, 0.25) is 0 Å². The minimum atomic E-state index is 0.550. The first-order valence-electron chi connectivity index (χ1n) is 4.96. The van der Waals surface area contributed by atoms with Crippen LogP contribution in [-0.4, -0.2) is 16.8 Å². The smallest absolute Gasteiger partial charge is 0.0705 e. The van der Waals surface area contributed by atoms with Crippen LogP contribution in [0.4, 0.5) is 0 Å². The third kappa shape index (κ3) is 3.12. The van der Waals surface area contributed by atoms with Gasteiger partial charge in [-0.15, -0.1) is 0 Å².